The van der Waals surface area contributed by atoms with Gasteiger partial charge in [0.2, 0.25) is 0 Å². The van der Waals surface area contributed by atoms with E-state index in [1.54, 1.807) is 0 Å². The summed E-state index contributed by atoms with van der Waals surface area (Å²) in [6.45, 7) is 5.14. The fourth-order valence-electron chi connectivity index (χ4n) is 2.51. The van der Waals surface area contributed by atoms with Gasteiger partial charge >= 0.3 is 0 Å². The second-order valence-corrected chi connectivity index (χ2v) is 5.32. The molecule has 0 aliphatic carbocycles. The number of aromatic nitrogens is 1. The Bertz CT molecular complexity index is 449. The molecule has 0 radical (unpaired) electrons. The van der Waals surface area contributed by atoms with E-state index in [-0.39, 0.29) is 11.9 Å². The van der Waals surface area contributed by atoms with E-state index in [4.69, 9.17) is 0 Å². The number of carbonyl (C=O) groups is 1. The van der Waals surface area contributed by atoms with Crippen molar-refractivity contribution in [1.29, 1.82) is 0 Å². The Morgan fingerprint density at radius 1 is 1.45 bits per heavy atom. The Labute approximate surface area is 118 Å². The zero-order valence-electron chi connectivity index (χ0n) is 11.9. The molecule has 110 valence electrons. The van der Waals surface area contributed by atoms with E-state index in [1.165, 1.54) is 12.1 Å². The van der Waals surface area contributed by atoms with E-state index in [0.717, 1.165) is 32.0 Å². The molecule has 1 atom stereocenters. The van der Waals surface area contributed by atoms with Gasteiger partial charge in [0.1, 0.15) is 11.6 Å². The molecular weight excluding hydrogens is 259 g/mol. The van der Waals surface area contributed by atoms with Crippen molar-refractivity contribution in [2.75, 3.05) is 12.0 Å². The lowest BCUT2D eigenvalue weighted by Crippen LogP contribution is -2.53. The number of hydrogen-bond donors (Lipinski definition) is 2. The predicted molar refractivity (Wildman–Crippen MR) is 75.4 cm³/mol. The van der Waals surface area contributed by atoms with E-state index >= 15 is 0 Å². The van der Waals surface area contributed by atoms with E-state index in [9.17, 15) is 9.18 Å². The molecule has 2 heterocycles. The average Bonchev–Trinajstić information content (AvgIpc) is 2.46. The molecule has 0 spiro atoms. The van der Waals surface area contributed by atoms with Gasteiger partial charge < -0.3 is 0 Å². The van der Waals surface area contributed by atoms with Crippen molar-refractivity contribution >= 4 is 11.7 Å². The number of amides is 1. The second kappa shape index (κ2) is 6.65. The highest BCUT2D eigenvalue weighted by atomic mass is 19.1. The molecule has 5 nitrogen and oxygen atoms in total. The van der Waals surface area contributed by atoms with Crippen LogP contribution in [0.1, 0.15) is 33.1 Å². The topological polar surface area (TPSA) is 57.3 Å². The molecule has 2 rings (SSSR count). The van der Waals surface area contributed by atoms with Crippen LogP contribution in [-0.2, 0) is 4.79 Å². The van der Waals surface area contributed by atoms with Crippen LogP contribution in [0.15, 0.2) is 18.3 Å². The van der Waals surface area contributed by atoms with Crippen LogP contribution >= 0.6 is 0 Å². The fraction of sp³-hybridized carbons (Fsp3) is 0.571. The molecule has 1 amide bonds. The highest BCUT2D eigenvalue weighted by Gasteiger charge is 2.30. The number of hydrazine groups is 1. The van der Waals surface area contributed by atoms with Crippen molar-refractivity contribution in [3.05, 3.63) is 24.1 Å². The SMILES string of the molecule is CC(C)N1CCCC[C@H]1C(=O)NNc1ccc(F)cn1. The first-order valence-electron chi connectivity index (χ1n) is 7.01. The third-order valence-corrected chi connectivity index (χ3v) is 3.55. The number of carbonyl (C=O) groups excluding carboxylic acids is 1. The molecule has 0 bridgehead atoms. The number of anilines is 1. The van der Waals surface area contributed by atoms with Crippen LogP contribution in [0.3, 0.4) is 0 Å². The molecular formula is C14H21FN4O. The molecule has 1 aliphatic rings. The van der Waals surface area contributed by atoms with Gasteiger partial charge in [-0.3, -0.25) is 20.5 Å². The Kier molecular flexibility index (Phi) is 4.89. The molecule has 6 heteroatoms. The van der Waals surface area contributed by atoms with Crippen LogP contribution in [0, 0.1) is 5.82 Å². The monoisotopic (exact) mass is 280 g/mol. The Hall–Kier alpha value is -1.69. The minimum atomic E-state index is -0.403. The normalized spacial score (nSPS) is 19.9. The van der Waals surface area contributed by atoms with Crippen molar-refractivity contribution in [2.45, 2.75) is 45.2 Å². The van der Waals surface area contributed by atoms with Crippen LogP contribution in [0.2, 0.25) is 0 Å². The third kappa shape index (κ3) is 3.66. The Morgan fingerprint density at radius 3 is 2.90 bits per heavy atom. The quantitative estimate of drug-likeness (QED) is 0.827. The molecule has 1 saturated heterocycles. The van der Waals surface area contributed by atoms with Crippen molar-refractivity contribution < 1.29 is 9.18 Å². The smallest absolute Gasteiger partial charge is 0.255 e. The van der Waals surface area contributed by atoms with E-state index < -0.39 is 5.82 Å². The first kappa shape index (κ1) is 14.7. The Balaban J connectivity index is 1.91. The minimum Gasteiger partial charge on any atom is -0.289 e. The summed E-state index contributed by atoms with van der Waals surface area (Å²) < 4.78 is 12.7. The standard InChI is InChI=1S/C14H21FN4O/c1-10(2)19-8-4-3-5-12(19)14(20)18-17-13-7-6-11(15)9-16-13/h6-7,9-10,12H,3-5,8H2,1-2H3,(H,16,17)(H,18,20)/t12-/m0/s1. The number of piperidine rings is 1. The molecule has 1 fully saturated rings. The number of halogens is 1. The number of hydrogen-bond acceptors (Lipinski definition) is 4. The first-order valence-corrected chi connectivity index (χ1v) is 7.01. The zero-order valence-corrected chi connectivity index (χ0v) is 11.9. The first-order chi connectivity index (χ1) is 9.58. The number of pyridine rings is 1. The molecule has 1 aromatic heterocycles. The van der Waals surface area contributed by atoms with E-state index in [2.05, 4.69) is 34.6 Å². The van der Waals surface area contributed by atoms with E-state index in [1.807, 2.05) is 0 Å². The summed E-state index contributed by atoms with van der Waals surface area (Å²) >= 11 is 0. The van der Waals surface area contributed by atoms with Gasteiger partial charge in [-0.25, -0.2) is 9.37 Å². The van der Waals surface area contributed by atoms with E-state index in [0.29, 0.717) is 11.9 Å². The second-order valence-electron chi connectivity index (χ2n) is 5.32. The summed E-state index contributed by atoms with van der Waals surface area (Å²) in [5, 5.41) is 0. The van der Waals surface area contributed by atoms with Crippen molar-refractivity contribution in [1.82, 2.24) is 15.3 Å². The Morgan fingerprint density at radius 2 is 2.25 bits per heavy atom. The van der Waals surface area contributed by atoms with Crippen LogP contribution in [0.4, 0.5) is 10.2 Å². The molecule has 0 unspecified atom stereocenters. The maximum Gasteiger partial charge on any atom is 0.255 e. The lowest BCUT2D eigenvalue weighted by molar-refractivity contribution is -0.128. The largest absolute Gasteiger partial charge is 0.289 e. The van der Waals surface area contributed by atoms with Crippen LogP contribution in [-0.4, -0.2) is 34.4 Å². The average molecular weight is 280 g/mol. The number of likely N-dealkylation sites (tertiary alicyclic amines) is 1. The summed E-state index contributed by atoms with van der Waals surface area (Å²) in [5.74, 6) is -0.0451. The maximum atomic E-state index is 12.7. The lowest BCUT2D eigenvalue weighted by Gasteiger charge is -2.37. The van der Waals surface area contributed by atoms with Gasteiger partial charge in [0.15, 0.2) is 0 Å². The maximum absolute atomic E-state index is 12.7. The van der Waals surface area contributed by atoms with Gasteiger partial charge in [0, 0.05) is 6.04 Å². The van der Waals surface area contributed by atoms with Crippen LogP contribution in [0.25, 0.3) is 0 Å². The molecule has 0 aromatic carbocycles. The third-order valence-electron chi connectivity index (χ3n) is 3.55. The van der Waals surface area contributed by atoms with Gasteiger partial charge in [-0.1, -0.05) is 6.42 Å². The van der Waals surface area contributed by atoms with Gasteiger partial charge in [0.05, 0.1) is 12.2 Å². The van der Waals surface area contributed by atoms with Gasteiger partial charge in [-0.05, 0) is 45.4 Å². The van der Waals surface area contributed by atoms with Gasteiger partial charge in [0.25, 0.3) is 5.91 Å². The van der Waals surface area contributed by atoms with Gasteiger partial charge in [-0.15, -0.1) is 0 Å². The summed E-state index contributed by atoms with van der Waals surface area (Å²) in [7, 11) is 0. The summed E-state index contributed by atoms with van der Waals surface area (Å²) in [6.07, 6.45) is 4.17. The highest BCUT2D eigenvalue weighted by Crippen LogP contribution is 2.19. The lowest BCUT2D eigenvalue weighted by atomic mass is 10.00. The van der Waals surface area contributed by atoms with Crippen LogP contribution < -0.4 is 10.9 Å². The summed E-state index contributed by atoms with van der Waals surface area (Å²) in [4.78, 5) is 18.3. The summed E-state index contributed by atoms with van der Waals surface area (Å²) in [5.41, 5.74) is 5.38. The number of nitrogens with zero attached hydrogens (tertiary/aromatic N) is 2. The number of rotatable bonds is 4. The minimum absolute atomic E-state index is 0.0653. The predicted octanol–water partition coefficient (Wildman–Crippen LogP) is 1.93. The molecule has 2 N–H and O–H groups in total. The summed E-state index contributed by atoms with van der Waals surface area (Å²) in [6, 6.07) is 3.01. The molecule has 0 saturated carbocycles. The van der Waals surface area contributed by atoms with Gasteiger partial charge in [-0.2, -0.15) is 0 Å². The highest BCUT2D eigenvalue weighted by molar-refractivity contribution is 5.82. The fourth-order valence-corrected chi connectivity index (χ4v) is 2.51. The molecule has 20 heavy (non-hydrogen) atoms. The number of nitrogens with one attached hydrogen (secondary N) is 2. The molecule has 1 aromatic rings. The van der Waals surface area contributed by atoms with Crippen LogP contribution in [0.5, 0.6) is 0 Å². The van der Waals surface area contributed by atoms with Crippen molar-refractivity contribution in [3.63, 3.8) is 0 Å². The van der Waals surface area contributed by atoms with Crippen molar-refractivity contribution in [2.24, 2.45) is 0 Å². The molecule has 1 aliphatic heterocycles. The van der Waals surface area contributed by atoms with Crippen molar-refractivity contribution in [3.8, 4) is 0 Å². The zero-order chi connectivity index (χ0) is 14.5.